The van der Waals surface area contributed by atoms with Crippen molar-refractivity contribution in [1.29, 1.82) is 0 Å². The number of thioether (sulfide) groups is 1. The molecule has 1 saturated heterocycles. The molecule has 0 unspecified atom stereocenters. The Morgan fingerprint density at radius 3 is 2.47 bits per heavy atom. The summed E-state index contributed by atoms with van der Waals surface area (Å²) in [5, 5.41) is 0. The smallest absolute Gasteiger partial charge is 0.266 e. The third-order valence-corrected chi connectivity index (χ3v) is 5.62. The van der Waals surface area contributed by atoms with Crippen LogP contribution >= 0.6 is 24.0 Å². The topological polar surface area (TPSA) is 48.0 Å². The fourth-order valence-corrected chi connectivity index (χ4v) is 4.04. The van der Waals surface area contributed by atoms with Gasteiger partial charge in [-0.1, -0.05) is 54.3 Å². The summed E-state index contributed by atoms with van der Waals surface area (Å²) in [4.78, 5) is 14.5. The Labute approximate surface area is 186 Å². The molecule has 0 atom stereocenters. The maximum absolute atomic E-state index is 12.4. The summed E-state index contributed by atoms with van der Waals surface area (Å²) in [7, 11) is 1.62. The van der Waals surface area contributed by atoms with E-state index in [1.807, 2.05) is 54.6 Å². The summed E-state index contributed by atoms with van der Waals surface area (Å²) in [6.45, 7) is 5.16. The van der Waals surface area contributed by atoms with Gasteiger partial charge in [0.2, 0.25) is 0 Å². The molecule has 1 amide bonds. The van der Waals surface area contributed by atoms with Gasteiger partial charge in [0, 0.05) is 13.0 Å². The van der Waals surface area contributed by atoms with E-state index in [9.17, 15) is 4.79 Å². The third kappa shape index (κ3) is 5.64. The number of rotatable bonds is 10. The largest absolute Gasteiger partial charge is 0.493 e. The Balaban J connectivity index is 1.46. The predicted molar refractivity (Wildman–Crippen MR) is 125 cm³/mol. The van der Waals surface area contributed by atoms with Crippen molar-refractivity contribution in [2.24, 2.45) is 0 Å². The molecule has 0 N–H and O–H groups in total. The van der Waals surface area contributed by atoms with Crippen molar-refractivity contribution >= 4 is 40.3 Å². The Hall–Kier alpha value is -2.77. The molecule has 7 heteroatoms. The van der Waals surface area contributed by atoms with Crippen LogP contribution in [0.4, 0.5) is 0 Å². The number of hydrogen-bond donors (Lipinski definition) is 0. The summed E-state index contributed by atoms with van der Waals surface area (Å²) in [6.07, 6.45) is 4.25. The molecule has 0 saturated carbocycles. The minimum absolute atomic E-state index is 0.0831. The molecule has 2 aromatic carbocycles. The molecule has 30 heavy (non-hydrogen) atoms. The molecule has 1 aliphatic heterocycles. The average molecular weight is 442 g/mol. The zero-order chi connectivity index (χ0) is 21.3. The minimum atomic E-state index is -0.0831. The van der Waals surface area contributed by atoms with Gasteiger partial charge in [-0.05, 0) is 35.9 Å². The lowest BCUT2D eigenvalue weighted by Crippen LogP contribution is -2.27. The Morgan fingerprint density at radius 2 is 1.77 bits per heavy atom. The van der Waals surface area contributed by atoms with E-state index in [1.165, 1.54) is 11.8 Å². The highest BCUT2D eigenvalue weighted by molar-refractivity contribution is 8.26. The summed E-state index contributed by atoms with van der Waals surface area (Å²) in [5.74, 6) is 2.13. The minimum Gasteiger partial charge on any atom is -0.493 e. The highest BCUT2D eigenvalue weighted by Gasteiger charge is 2.30. The lowest BCUT2D eigenvalue weighted by Gasteiger charge is -2.11. The number of ether oxygens (including phenoxy) is 3. The second-order valence-electron chi connectivity index (χ2n) is 6.35. The summed E-state index contributed by atoms with van der Waals surface area (Å²) >= 11 is 6.56. The first-order valence-corrected chi connectivity index (χ1v) is 10.7. The molecule has 0 spiro atoms. The normalized spacial score (nSPS) is 14.8. The molecule has 2 aromatic rings. The second kappa shape index (κ2) is 10.8. The van der Waals surface area contributed by atoms with E-state index in [-0.39, 0.29) is 5.91 Å². The quantitative estimate of drug-likeness (QED) is 0.226. The lowest BCUT2D eigenvalue weighted by molar-refractivity contribution is -0.121. The van der Waals surface area contributed by atoms with Gasteiger partial charge in [0.15, 0.2) is 11.5 Å². The molecule has 156 valence electrons. The van der Waals surface area contributed by atoms with E-state index in [0.29, 0.717) is 29.0 Å². The van der Waals surface area contributed by atoms with Gasteiger partial charge in [-0.2, -0.15) is 0 Å². The first kappa shape index (κ1) is 21.9. The van der Waals surface area contributed by atoms with Crippen LogP contribution < -0.4 is 14.2 Å². The molecule has 1 aliphatic rings. The number of carbonyl (C=O) groups excluding carboxylic acids is 1. The monoisotopic (exact) mass is 441 g/mol. The fourth-order valence-electron chi connectivity index (χ4n) is 2.77. The van der Waals surface area contributed by atoms with E-state index < -0.39 is 0 Å². The highest BCUT2D eigenvalue weighted by Crippen LogP contribution is 2.32. The van der Waals surface area contributed by atoms with Crippen molar-refractivity contribution < 1.29 is 19.0 Å². The van der Waals surface area contributed by atoms with Crippen LogP contribution in [0.1, 0.15) is 12.0 Å². The molecule has 1 fully saturated rings. The van der Waals surface area contributed by atoms with Crippen molar-refractivity contribution in [3.05, 3.63) is 71.7 Å². The van der Waals surface area contributed by atoms with Crippen LogP contribution in [0.3, 0.4) is 0 Å². The molecule has 0 aromatic heterocycles. The van der Waals surface area contributed by atoms with Gasteiger partial charge in [0.1, 0.15) is 10.1 Å². The average Bonchev–Trinajstić information content (AvgIpc) is 3.02. The highest BCUT2D eigenvalue weighted by atomic mass is 32.2. The van der Waals surface area contributed by atoms with Gasteiger partial charge in [0.25, 0.3) is 5.91 Å². The van der Waals surface area contributed by atoms with Gasteiger partial charge in [0.05, 0.1) is 25.2 Å². The number of para-hydroxylation sites is 2. The number of hydrogen-bond acceptors (Lipinski definition) is 6. The molecular weight excluding hydrogens is 418 g/mol. The summed E-state index contributed by atoms with van der Waals surface area (Å²) < 4.78 is 17.3. The molecule has 0 bridgehead atoms. The van der Waals surface area contributed by atoms with Crippen molar-refractivity contribution in [3.8, 4) is 17.2 Å². The van der Waals surface area contributed by atoms with E-state index in [2.05, 4.69) is 6.58 Å². The van der Waals surface area contributed by atoms with Crippen LogP contribution in [0.2, 0.25) is 0 Å². The molecule has 1 heterocycles. The van der Waals surface area contributed by atoms with Crippen LogP contribution in [0.5, 0.6) is 17.2 Å². The number of thiocarbonyl (C=S) groups is 1. The van der Waals surface area contributed by atoms with Gasteiger partial charge < -0.3 is 14.2 Å². The van der Waals surface area contributed by atoms with Gasteiger partial charge in [-0.3, -0.25) is 9.69 Å². The van der Waals surface area contributed by atoms with E-state index in [0.717, 1.165) is 29.2 Å². The van der Waals surface area contributed by atoms with Crippen LogP contribution in [0.15, 0.2) is 66.1 Å². The second-order valence-corrected chi connectivity index (χ2v) is 8.03. The lowest BCUT2D eigenvalue weighted by atomic mass is 10.2. The molecule has 0 aliphatic carbocycles. The first-order valence-electron chi connectivity index (χ1n) is 9.47. The Morgan fingerprint density at radius 1 is 1.07 bits per heavy atom. The summed E-state index contributed by atoms with van der Waals surface area (Å²) in [5.41, 5.74) is 0.918. The van der Waals surface area contributed by atoms with Crippen LogP contribution in [0.25, 0.3) is 6.08 Å². The van der Waals surface area contributed by atoms with Gasteiger partial charge >= 0.3 is 0 Å². The predicted octanol–water partition coefficient (Wildman–Crippen LogP) is 4.93. The molecule has 3 rings (SSSR count). The third-order valence-electron chi connectivity index (χ3n) is 4.25. The number of benzene rings is 2. The SMILES string of the molecule is C=CCN1C(=O)C(=Cc2ccc(OCCCOc3ccccc3OC)cc2)SC1=S. The van der Waals surface area contributed by atoms with Crippen LogP contribution in [-0.4, -0.2) is 42.0 Å². The van der Waals surface area contributed by atoms with Crippen LogP contribution in [-0.2, 0) is 4.79 Å². The Bertz CT molecular complexity index is 940. The van der Waals surface area contributed by atoms with E-state index in [1.54, 1.807) is 18.1 Å². The Kier molecular flexibility index (Phi) is 7.93. The number of carbonyl (C=O) groups is 1. The first-order chi connectivity index (χ1) is 14.6. The van der Waals surface area contributed by atoms with Crippen molar-refractivity contribution in [2.45, 2.75) is 6.42 Å². The fraction of sp³-hybridized carbons (Fsp3) is 0.217. The molecule has 0 radical (unpaired) electrons. The zero-order valence-electron chi connectivity index (χ0n) is 16.7. The van der Waals surface area contributed by atoms with Crippen molar-refractivity contribution in [2.75, 3.05) is 26.9 Å². The standard InChI is InChI=1S/C23H23NO4S2/c1-3-13-24-22(25)21(30-23(24)29)16-17-9-11-18(12-10-17)27-14-6-15-28-20-8-5-4-7-19(20)26-2/h3-5,7-12,16H,1,6,13-15H2,2H3. The maximum atomic E-state index is 12.4. The number of amides is 1. The molecule has 5 nitrogen and oxygen atoms in total. The maximum Gasteiger partial charge on any atom is 0.266 e. The number of nitrogens with zero attached hydrogens (tertiary/aromatic N) is 1. The van der Waals surface area contributed by atoms with E-state index in [4.69, 9.17) is 26.4 Å². The van der Waals surface area contributed by atoms with Crippen molar-refractivity contribution in [1.82, 2.24) is 4.90 Å². The van der Waals surface area contributed by atoms with E-state index >= 15 is 0 Å². The molecular formula is C23H23NO4S2. The van der Waals surface area contributed by atoms with Crippen LogP contribution in [0, 0.1) is 0 Å². The number of methoxy groups -OCH3 is 1. The van der Waals surface area contributed by atoms with Crippen molar-refractivity contribution in [3.63, 3.8) is 0 Å². The van der Waals surface area contributed by atoms with Gasteiger partial charge in [-0.15, -0.1) is 6.58 Å². The van der Waals surface area contributed by atoms with Gasteiger partial charge in [-0.25, -0.2) is 0 Å². The summed E-state index contributed by atoms with van der Waals surface area (Å²) in [6, 6.07) is 15.2. The zero-order valence-corrected chi connectivity index (χ0v) is 18.3.